The van der Waals surface area contributed by atoms with Crippen LogP contribution in [0.1, 0.15) is 0 Å². The zero-order valence-electron chi connectivity index (χ0n) is 29.3. The zero-order valence-corrected chi connectivity index (χ0v) is 29.3. The van der Waals surface area contributed by atoms with Crippen molar-refractivity contribution in [1.29, 1.82) is 0 Å². The van der Waals surface area contributed by atoms with Gasteiger partial charge in [-0.3, -0.25) is 4.57 Å². The third-order valence-corrected chi connectivity index (χ3v) is 10.7. The van der Waals surface area contributed by atoms with Gasteiger partial charge in [-0.05, 0) is 82.9 Å². The van der Waals surface area contributed by atoms with E-state index in [2.05, 4.69) is 179 Å². The lowest BCUT2D eigenvalue weighted by Crippen LogP contribution is -2.02. The van der Waals surface area contributed by atoms with Crippen molar-refractivity contribution in [2.45, 2.75) is 0 Å². The summed E-state index contributed by atoms with van der Waals surface area (Å²) in [6.07, 6.45) is 0. The number of nitrogens with zero attached hydrogens (tertiary/aromatic N) is 4. The number of hydrogen-bond acceptors (Lipinski definition) is 2. The van der Waals surface area contributed by atoms with E-state index < -0.39 is 0 Å². The van der Waals surface area contributed by atoms with E-state index in [-0.39, 0.29) is 0 Å². The molecule has 252 valence electrons. The Morgan fingerprint density at radius 2 is 0.759 bits per heavy atom. The zero-order chi connectivity index (χ0) is 35.6. The second-order valence-electron chi connectivity index (χ2n) is 13.8. The summed E-state index contributed by atoms with van der Waals surface area (Å²) < 4.78 is 4.67. The van der Waals surface area contributed by atoms with Gasteiger partial charge in [-0.2, -0.15) is 0 Å². The van der Waals surface area contributed by atoms with Gasteiger partial charge in [0.05, 0.1) is 27.6 Å². The van der Waals surface area contributed by atoms with Crippen LogP contribution in [0.25, 0.3) is 99.7 Å². The van der Waals surface area contributed by atoms with Crippen LogP contribution >= 0.6 is 0 Å². The van der Waals surface area contributed by atoms with Crippen molar-refractivity contribution in [2.24, 2.45) is 0 Å². The molecule has 0 N–H and O–H groups in total. The van der Waals surface area contributed by atoms with Crippen LogP contribution in [0.2, 0.25) is 0 Å². The molecule has 0 fully saturated rings. The molecule has 4 heteroatoms. The molecule has 0 bridgehead atoms. The van der Waals surface area contributed by atoms with Crippen molar-refractivity contribution in [1.82, 2.24) is 19.1 Å². The molecule has 3 heterocycles. The van der Waals surface area contributed by atoms with Crippen LogP contribution < -0.4 is 0 Å². The number of hydrogen-bond donors (Lipinski definition) is 0. The number of para-hydroxylation sites is 4. The van der Waals surface area contributed by atoms with E-state index in [1.54, 1.807) is 0 Å². The molecule has 11 aromatic rings. The molecular formula is C50H32N4. The van der Waals surface area contributed by atoms with Crippen LogP contribution in [0.15, 0.2) is 194 Å². The molecule has 0 unspecified atom stereocenters. The molecular weight excluding hydrogens is 657 g/mol. The molecule has 0 spiro atoms. The average Bonchev–Trinajstić information content (AvgIpc) is 3.76. The summed E-state index contributed by atoms with van der Waals surface area (Å²) in [6.45, 7) is 0. The normalized spacial score (nSPS) is 11.7. The number of benzene rings is 8. The topological polar surface area (TPSA) is 35.6 Å². The summed E-state index contributed by atoms with van der Waals surface area (Å²) in [6, 6.07) is 69.1. The average molecular weight is 689 g/mol. The standard InChI is InChI=1S/C50H32N4/c1-3-13-35(14-4-1)49-51-44-20-10-7-19-41(44)50(52-49)54-46-22-12-9-18-40(46)43-32-37(28-30-48(43)54)34-25-23-33(24-26-34)36-27-29-47-42(31-36)39-17-8-11-21-45(39)53(47)38-15-5-2-6-16-38/h1-32H. The van der Waals surface area contributed by atoms with Crippen LogP contribution in [0.4, 0.5) is 0 Å². The monoisotopic (exact) mass is 688 g/mol. The molecule has 0 aliphatic heterocycles. The van der Waals surface area contributed by atoms with Gasteiger partial charge in [0.25, 0.3) is 0 Å². The molecule has 0 saturated heterocycles. The summed E-state index contributed by atoms with van der Waals surface area (Å²) in [4.78, 5) is 10.2. The summed E-state index contributed by atoms with van der Waals surface area (Å²) in [5, 5.41) is 5.91. The predicted molar refractivity (Wildman–Crippen MR) is 225 cm³/mol. The van der Waals surface area contributed by atoms with Crippen molar-refractivity contribution < 1.29 is 0 Å². The lowest BCUT2D eigenvalue weighted by molar-refractivity contribution is 1.08. The minimum absolute atomic E-state index is 0.716. The van der Waals surface area contributed by atoms with Crippen molar-refractivity contribution in [3.8, 4) is 45.1 Å². The lowest BCUT2D eigenvalue weighted by Gasteiger charge is -2.13. The SMILES string of the molecule is c1ccc(-c2nc(-n3c4ccccc4c4cc(-c5ccc(-c6ccc7c(c6)c6ccccc6n7-c6ccccc6)cc5)ccc43)c3ccccc3n2)cc1. The van der Waals surface area contributed by atoms with E-state index in [1.807, 2.05) is 24.3 Å². The molecule has 0 aliphatic carbocycles. The molecule has 54 heavy (non-hydrogen) atoms. The Morgan fingerprint density at radius 1 is 0.296 bits per heavy atom. The highest BCUT2D eigenvalue weighted by Gasteiger charge is 2.18. The first kappa shape index (κ1) is 30.3. The summed E-state index contributed by atoms with van der Waals surface area (Å²) >= 11 is 0. The first-order valence-corrected chi connectivity index (χ1v) is 18.3. The molecule has 11 rings (SSSR count). The summed E-state index contributed by atoms with van der Waals surface area (Å²) in [5.74, 6) is 1.60. The van der Waals surface area contributed by atoms with Gasteiger partial charge in [0.15, 0.2) is 5.82 Å². The maximum absolute atomic E-state index is 5.24. The fourth-order valence-corrected chi connectivity index (χ4v) is 8.19. The smallest absolute Gasteiger partial charge is 0.162 e. The van der Waals surface area contributed by atoms with Crippen LogP contribution in [0.3, 0.4) is 0 Å². The molecule has 4 nitrogen and oxygen atoms in total. The van der Waals surface area contributed by atoms with E-state index in [1.165, 1.54) is 60.5 Å². The Kier molecular flexibility index (Phi) is 6.82. The van der Waals surface area contributed by atoms with Crippen LogP contribution in [0.5, 0.6) is 0 Å². The van der Waals surface area contributed by atoms with Crippen molar-refractivity contribution in [2.75, 3.05) is 0 Å². The van der Waals surface area contributed by atoms with Gasteiger partial charge in [0.2, 0.25) is 0 Å². The first-order chi connectivity index (χ1) is 26.8. The maximum atomic E-state index is 5.24. The van der Waals surface area contributed by atoms with Crippen LogP contribution in [0, 0.1) is 0 Å². The minimum atomic E-state index is 0.716. The highest BCUT2D eigenvalue weighted by Crippen LogP contribution is 2.38. The fraction of sp³-hybridized carbons (Fsp3) is 0. The highest BCUT2D eigenvalue weighted by molar-refractivity contribution is 6.12. The largest absolute Gasteiger partial charge is 0.309 e. The van der Waals surface area contributed by atoms with Gasteiger partial charge in [-0.25, -0.2) is 9.97 Å². The van der Waals surface area contributed by atoms with Gasteiger partial charge in [-0.15, -0.1) is 0 Å². The highest BCUT2D eigenvalue weighted by atomic mass is 15.1. The Labute approximate surface area is 311 Å². The van der Waals surface area contributed by atoms with Crippen LogP contribution in [-0.2, 0) is 0 Å². The number of rotatable bonds is 5. The summed E-state index contributed by atoms with van der Waals surface area (Å²) in [5.41, 5.74) is 12.5. The molecule has 3 aromatic heterocycles. The Morgan fingerprint density at radius 3 is 1.39 bits per heavy atom. The van der Waals surface area contributed by atoms with Gasteiger partial charge >= 0.3 is 0 Å². The third kappa shape index (κ3) is 4.78. The number of fused-ring (bicyclic) bond motifs is 7. The van der Waals surface area contributed by atoms with E-state index >= 15 is 0 Å². The quantitative estimate of drug-likeness (QED) is 0.180. The maximum Gasteiger partial charge on any atom is 0.162 e. The molecule has 0 amide bonds. The first-order valence-electron chi connectivity index (χ1n) is 18.3. The van der Waals surface area contributed by atoms with Crippen molar-refractivity contribution in [3.05, 3.63) is 194 Å². The van der Waals surface area contributed by atoms with E-state index in [0.29, 0.717) is 5.82 Å². The van der Waals surface area contributed by atoms with Gasteiger partial charge in [-0.1, -0.05) is 133 Å². The van der Waals surface area contributed by atoms with Crippen molar-refractivity contribution >= 4 is 54.5 Å². The minimum Gasteiger partial charge on any atom is -0.309 e. The van der Waals surface area contributed by atoms with Gasteiger partial charge < -0.3 is 4.57 Å². The predicted octanol–water partition coefficient (Wildman–Crippen LogP) is 12.8. The molecule has 0 atom stereocenters. The Hall–Kier alpha value is -7.30. The Bertz CT molecular complexity index is 3190. The van der Waals surface area contributed by atoms with Crippen LogP contribution in [-0.4, -0.2) is 19.1 Å². The second kappa shape index (κ2) is 12.1. The van der Waals surface area contributed by atoms with Gasteiger partial charge in [0.1, 0.15) is 5.82 Å². The van der Waals surface area contributed by atoms with E-state index in [9.17, 15) is 0 Å². The number of aromatic nitrogens is 4. The molecule has 0 aliphatic rings. The Balaban J connectivity index is 1.01. The molecule has 0 radical (unpaired) electrons. The second-order valence-corrected chi connectivity index (χ2v) is 13.8. The fourth-order valence-electron chi connectivity index (χ4n) is 8.19. The molecule has 0 saturated carbocycles. The third-order valence-electron chi connectivity index (χ3n) is 10.7. The summed E-state index contributed by atoms with van der Waals surface area (Å²) in [7, 11) is 0. The lowest BCUT2D eigenvalue weighted by atomic mass is 9.98. The van der Waals surface area contributed by atoms with Crippen molar-refractivity contribution in [3.63, 3.8) is 0 Å². The van der Waals surface area contributed by atoms with E-state index in [0.717, 1.165) is 33.3 Å². The van der Waals surface area contributed by atoms with E-state index in [4.69, 9.17) is 9.97 Å². The van der Waals surface area contributed by atoms with Gasteiger partial charge in [0, 0.05) is 38.2 Å². The molecule has 8 aromatic carbocycles.